The maximum atomic E-state index is 12.2. The zero-order valence-electron chi connectivity index (χ0n) is 14.4. The van der Waals surface area contributed by atoms with Gasteiger partial charge in [-0.05, 0) is 38.1 Å². The number of nitrogens with one attached hydrogen (secondary N) is 2. The Morgan fingerprint density at radius 3 is 2.64 bits per heavy atom. The van der Waals surface area contributed by atoms with E-state index in [1.54, 1.807) is 24.3 Å². The third-order valence-corrected chi connectivity index (χ3v) is 4.14. The monoisotopic (exact) mass is 360 g/mol. The zero-order valence-corrected chi connectivity index (χ0v) is 15.1. The molecule has 6 heteroatoms. The summed E-state index contributed by atoms with van der Waals surface area (Å²) in [7, 11) is 0. The van der Waals surface area contributed by atoms with Crippen LogP contribution in [0.25, 0.3) is 0 Å². The summed E-state index contributed by atoms with van der Waals surface area (Å²) < 4.78 is 0. The van der Waals surface area contributed by atoms with Crippen molar-refractivity contribution in [1.82, 2.24) is 5.32 Å². The largest absolute Gasteiger partial charge is 0.352 e. The summed E-state index contributed by atoms with van der Waals surface area (Å²) in [6.45, 7) is 4.69. The summed E-state index contributed by atoms with van der Waals surface area (Å²) in [4.78, 5) is 24.0. The first-order valence-electron chi connectivity index (χ1n) is 8.27. The van der Waals surface area contributed by atoms with Crippen LogP contribution in [0.15, 0.2) is 48.5 Å². The molecule has 1 atom stereocenters. The molecule has 2 aromatic rings. The van der Waals surface area contributed by atoms with Gasteiger partial charge in [0.1, 0.15) is 6.04 Å². The third kappa shape index (κ3) is 5.59. The van der Waals surface area contributed by atoms with Crippen LogP contribution in [0.4, 0.5) is 5.69 Å². The van der Waals surface area contributed by atoms with E-state index in [9.17, 15) is 9.59 Å². The fourth-order valence-electron chi connectivity index (χ4n) is 2.47. The highest BCUT2D eigenvalue weighted by atomic mass is 35.5. The van der Waals surface area contributed by atoms with Crippen molar-refractivity contribution in [1.29, 1.82) is 0 Å². The van der Waals surface area contributed by atoms with Crippen LogP contribution in [0.5, 0.6) is 0 Å². The molecule has 0 heterocycles. The predicted molar refractivity (Wildman–Crippen MR) is 99.7 cm³/mol. The highest BCUT2D eigenvalue weighted by Gasteiger charge is 2.14. The molecule has 0 radical (unpaired) electrons. The van der Waals surface area contributed by atoms with Gasteiger partial charge < -0.3 is 16.0 Å². The summed E-state index contributed by atoms with van der Waals surface area (Å²) in [5.41, 5.74) is 2.12. The number of amides is 2. The number of rotatable bonds is 7. The van der Waals surface area contributed by atoms with Crippen LogP contribution >= 0.6 is 11.6 Å². The molecular formula is C19H23ClN3O2+. The second kappa shape index (κ2) is 9.20. The number of quaternary nitrogens is 1. The van der Waals surface area contributed by atoms with Crippen molar-refractivity contribution < 1.29 is 14.9 Å². The van der Waals surface area contributed by atoms with Gasteiger partial charge in [0.05, 0.1) is 0 Å². The van der Waals surface area contributed by atoms with E-state index in [2.05, 4.69) is 10.6 Å². The molecule has 0 aliphatic heterocycles. The molecule has 2 aromatic carbocycles. The van der Waals surface area contributed by atoms with Gasteiger partial charge in [-0.25, -0.2) is 0 Å². The fourth-order valence-corrected chi connectivity index (χ4v) is 2.78. The highest BCUT2D eigenvalue weighted by Crippen LogP contribution is 2.19. The van der Waals surface area contributed by atoms with Crippen LogP contribution in [-0.4, -0.2) is 24.9 Å². The van der Waals surface area contributed by atoms with Crippen LogP contribution in [0.1, 0.15) is 35.8 Å². The van der Waals surface area contributed by atoms with Gasteiger partial charge in [-0.1, -0.05) is 35.9 Å². The average Bonchev–Trinajstić information content (AvgIpc) is 2.60. The molecule has 0 aliphatic carbocycles. The van der Waals surface area contributed by atoms with E-state index < -0.39 is 0 Å². The number of anilines is 1. The van der Waals surface area contributed by atoms with Crippen molar-refractivity contribution in [3.05, 3.63) is 64.7 Å². The minimum atomic E-state index is -0.155. The van der Waals surface area contributed by atoms with Crippen LogP contribution in [0.3, 0.4) is 0 Å². The predicted octanol–water partition coefficient (Wildman–Crippen LogP) is 2.35. The fraction of sp³-hybridized carbons (Fsp3) is 0.263. The second-order valence-corrected chi connectivity index (χ2v) is 6.15. The molecule has 0 fully saturated rings. The molecule has 0 spiro atoms. The lowest BCUT2D eigenvalue weighted by molar-refractivity contribution is -0.682. The molecule has 0 aliphatic rings. The number of carbonyl (C=O) groups is 2. The van der Waals surface area contributed by atoms with Gasteiger partial charge in [0, 0.05) is 28.4 Å². The Bertz CT molecular complexity index is 749. The number of carbonyl (C=O) groups excluding carboxylic acids is 2. The van der Waals surface area contributed by atoms with Gasteiger partial charge in [-0.2, -0.15) is 0 Å². The highest BCUT2D eigenvalue weighted by molar-refractivity contribution is 6.31. The topological polar surface area (TPSA) is 74.8 Å². The zero-order chi connectivity index (χ0) is 18.2. The average molecular weight is 361 g/mol. The summed E-state index contributed by atoms with van der Waals surface area (Å²) >= 11 is 6.18. The van der Waals surface area contributed by atoms with Gasteiger partial charge >= 0.3 is 0 Å². The molecule has 4 N–H and O–H groups in total. The Labute approximate surface area is 152 Å². The van der Waals surface area contributed by atoms with E-state index in [1.165, 1.54) is 0 Å². The number of benzene rings is 2. The molecule has 0 bridgehead atoms. The Morgan fingerprint density at radius 2 is 1.92 bits per heavy atom. The van der Waals surface area contributed by atoms with Crippen LogP contribution < -0.4 is 16.0 Å². The van der Waals surface area contributed by atoms with Crippen LogP contribution in [-0.2, 0) is 4.79 Å². The molecule has 0 saturated carbocycles. The molecule has 2 rings (SSSR count). The summed E-state index contributed by atoms with van der Waals surface area (Å²) in [5.74, 6) is -0.288. The van der Waals surface area contributed by atoms with E-state index in [-0.39, 0.29) is 24.4 Å². The lowest BCUT2D eigenvalue weighted by Gasteiger charge is -2.13. The second-order valence-electron chi connectivity index (χ2n) is 5.74. The minimum Gasteiger partial charge on any atom is -0.352 e. The van der Waals surface area contributed by atoms with Crippen molar-refractivity contribution >= 4 is 29.1 Å². The summed E-state index contributed by atoms with van der Waals surface area (Å²) in [6.07, 6.45) is 0. The van der Waals surface area contributed by atoms with Crippen molar-refractivity contribution in [2.45, 2.75) is 19.9 Å². The molecule has 2 amide bonds. The van der Waals surface area contributed by atoms with Crippen LogP contribution in [0.2, 0.25) is 5.02 Å². The lowest BCUT2D eigenvalue weighted by Crippen LogP contribution is -2.86. The Balaban J connectivity index is 1.91. The summed E-state index contributed by atoms with van der Waals surface area (Å²) in [5, 5.41) is 8.17. The molecule has 25 heavy (non-hydrogen) atoms. The van der Waals surface area contributed by atoms with E-state index >= 15 is 0 Å². The molecular weight excluding hydrogens is 338 g/mol. The number of nitrogens with two attached hydrogens (primary N) is 1. The maximum absolute atomic E-state index is 12.2. The van der Waals surface area contributed by atoms with Crippen LogP contribution in [0, 0.1) is 0 Å². The molecule has 0 saturated heterocycles. The number of hydrogen-bond donors (Lipinski definition) is 3. The minimum absolute atomic E-state index is 0.0705. The number of halogens is 1. The van der Waals surface area contributed by atoms with Gasteiger partial charge in [0.15, 0.2) is 6.54 Å². The van der Waals surface area contributed by atoms with Gasteiger partial charge in [0.25, 0.3) is 11.8 Å². The third-order valence-electron chi connectivity index (χ3n) is 3.80. The van der Waals surface area contributed by atoms with Crippen molar-refractivity contribution in [2.24, 2.45) is 0 Å². The first-order valence-corrected chi connectivity index (χ1v) is 8.65. The van der Waals surface area contributed by atoms with Crippen molar-refractivity contribution in [2.75, 3.05) is 18.4 Å². The first-order chi connectivity index (χ1) is 12.0. The van der Waals surface area contributed by atoms with Crippen molar-refractivity contribution in [3.63, 3.8) is 0 Å². The van der Waals surface area contributed by atoms with Gasteiger partial charge in [-0.3, -0.25) is 9.59 Å². The molecule has 0 unspecified atom stereocenters. The Morgan fingerprint density at radius 1 is 1.16 bits per heavy atom. The SMILES string of the molecule is CCNC(=O)c1cccc(NC(=O)C[NH2+][C@@H](C)c2ccccc2Cl)c1. The van der Waals surface area contributed by atoms with E-state index in [0.29, 0.717) is 22.8 Å². The van der Waals surface area contributed by atoms with Crippen molar-refractivity contribution in [3.8, 4) is 0 Å². The number of hydrogen-bond acceptors (Lipinski definition) is 2. The van der Waals surface area contributed by atoms with Gasteiger partial charge in [-0.15, -0.1) is 0 Å². The van der Waals surface area contributed by atoms with Gasteiger partial charge in [0.2, 0.25) is 0 Å². The molecule has 0 aromatic heterocycles. The smallest absolute Gasteiger partial charge is 0.279 e. The standard InChI is InChI=1S/C19H22ClN3O2/c1-3-21-19(25)14-7-6-8-15(11-14)23-18(24)12-22-13(2)16-9-4-5-10-17(16)20/h4-11,13,22H,3,12H2,1-2H3,(H,21,25)(H,23,24)/p+1/t13-/m0/s1. The van der Waals surface area contributed by atoms with E-state index in [1.807, 2.05) is 43.4 Å². The van der Waals surface area contributed by atoms with E-state index in [0.717, 1.165) is 5.56 Å². The summed E-state index contributed by atoms with van der Waals surface area (Å²) in [6, 6.07) is 14.6. The molecule has 5 nitrogen and oxygen atoms in total. The quantitative estimate of drug-likeness (QED) is 0.709. The normalized spacial score (nSPS) is 11.6. The maximum Gasteiger partial charge on any atom is 0.279 e. The lowest BCUT2D eigenvalue weighted by atomic mass is 10.1. The molecule has 132 valence electrons. The first kappa shape index (κ1) is 19.0. The van der Waals surface area contributed by atoms with E-state index in [4.69, 9.17) is 11.6 Å². The Kier molecular flexibility index (Phi) is 6.98. The Hall–Kier alpha value is -2.37.